The molecule has 30 heavy (non-hydrogen) atoms. The van der Waals surface area contributed by atoms with Crippen LogP contribution in [0.1, 0.15) is 36.5 Å². The zero-order chi connectivity index (χ0) is 21.1. The molecule has 3 heterocycles. The Kier molecular flexibility index (Phi) is 6.69. The highest BCUT2D eigenvalue weighted by Gasteiger charge is 2.42. The van der Waals surface area contributed by atoms with Crippen molar-refractivity contribution in [2.24, 2.45) is 10.9 Å². The van der Waals surface area contributed by atoms with Crippen LogP contribution in [-0.2, 0) is 9.84 Å². The first-order valence-electron chi connectivity index (χ1n) is 10.7. The minimum absolute atomic E-state index is 0.00657. The number of anilines is 1. The molecule has 164 valence electrons. The molecule has 3 aliphatic heterocycles. The molecule has 2 atom stereocenters. The Bertz CT molecular complexity index is 911. The van der Waals surface area contributed by atoms with Crippen molar-refractivity contribution in [3.8, 4) is 0 Å². The van der Waals surface area contributed by atoms with Crippen molar-refractivity contribution >= 4 is 38.4 Å². The number of rotatable bonds is 6. The van der Waals surface area contributed by atoms with E-state index in [1.165, 1.54) is 37.7 Å². The highest BCUT2D eigenvalue weighted by atomic mass is 32.2. The lowest BCUT2D eigenvalue weighted by molar-refractivity contribution is 0.0950. The highest BCUT2D eigenvalue weighted by molar-refractivity contribution is 8.15. The summed E-state index contributed by atoms with van der Waals surface area (Å²) in [6.07, 6.45) is 3.50. The number of amidine groups is 1. The van der Waals surface area contributed by atoms with E-state index in [-0.39, 0.29) is 28.7 Å². The van der Waals surface area contributed by atoms with Crippen molar-refractivity contribution in [1.29, 1.82) is 0 Å². The normalized spacial score (nSPS) is 26.2. The van der Waals surface area contributed by atoms with Crippen LogP contribution in [0.2, 0.25) is 0 Å². The van der Waals surface area contributed by atoms with Crippen molar-refractivity contribution in [3.05, 3.63) is 29.8 Å². The maximum Gasteiger partial charge on any atom is 0.251 e. The van der Waals surface area contributed by atoms with Crippen LogP contribution in [-0.4, -0.2) is 73.4 Å². The third-order valence-electron chi connectivity index (χ3n) is 6.01. The molecule has 2 N–H and O–H groups in total. The van der Waals surface area contributed by atoms with E-state index >= 15 is 0 Å². The van der Waals surface area contributed by atoms with Gasteiger partial charge in [0.2, 0.25) is 0 Å². The fourth-order valence-electron chi connectivity index (χ4n) is 4.17. The predicted molar refractivity (Wildman–Crippen MR) is 123 cm³/mol. The molecule has 2 saturated heterocycles. The van der Waals surface area contributed by atoms with E-state index in [2.05, 4.69) is 27.4 Å². The molecule has 2 unspecified atom stereocenters. The van der Waals surface area contributed by atoms with Crippen LogP contribution in [0.5, 0.6) is 0 Å². The fraction of sp³-hybridized carbons (Fsp3) is 0.619. The number of sulfone groups is 1. The first-order valence-corrected chi connectivity index (χ1v) is 13.4. The van der Waals surface area contributed by atoms with E-state index in [0.29, 0.717) is 12.1 Å². The number of hydrogen-bond donors (Lipinski definition) is 2. The summed E-state index contributed by atoms with van der Waals surface area (Å²) >= 11 is 1.48. The van der Waals surface area contributed by atoms with Gasteiger partial charge in [0.15, 0.2) is 15.0 Å². The number of amides is 1. The Morgan fingerprint density at radius 1 is 1.27 bits per heavy atom. The zero-order valence-corrected chi connectivity index (χ0v) is 19.0. The van der Waals surface area contributed by atoms with Crippen molar-refractivity contribution in [2.45, 2.75) is 37.5 Å². The van der Waals surface area contributed by atoms with Crippen LogP contribution in [0, 0.1) is 5.92 Å². The van der Waals surface area contributed by atoms with Gasteiger partial charge in [-0.15, -0.1) is 0 Å². The summed E-state index contributed by atoms with van der Waals surface area (Å²) in [4.78, 5) is 19.5. The van der Waals surface area contributed by atoms with Gasteiger partial charge < -0.3 is 15.5 Å². The second kappa shape index (κ2) is 9.28. The van der Waals surface area contributed by atoms with Gasteiger partial charge in [-0.05, 0) is 63.0 Å². The third-order valence-corrected chi connectivity index (χ3v) is 9.15. The van der Waals surface area contributed by atoms with Gasteiger partial charge in [0.05, 0.1) is 17.5 Å². The second-order valence-electron chi connectivity index (χ2n) is 8.57. The average molecular weight is 451 g/mol. The van der Waals surface area contributed by atoms with Gasteiger partial charge >= 0.3 is 0 Å². The first-order chi connectivity index (χ1) is 14.4. The molecule has 7 nitrogen and oxygen atoms in total. The lowest BCUT2D eigenvalue weighted by atomic mass is 9.99. The lowest BCUT2D eigenvalue weighted by Gasteiger charge is -2.30. The van der Waals surface area contributed by atoms with Gasteiger partial charge in [-0.3, -0.25) is 9.79 Å². The molecule has 9 heteroatoms. The molecule has 1 aromatic carbocycles. The molecule has 1 amide bonds. The second-order valence-corrected chi connectivity index (χ2v) is 12.0. The molecule has 1 aromatic rings. The average Bonchev–Trinajstić information content (AvgIpc) is 3.19. The van der Waals surface area contributed by atoms with Crippen LogP contribution in [0.15, 0.2) is 29.3 Å². The Morgan fingerprint density at radius 3 is 2.83 bits per heavy atom. The number of thioether (sulfide) groups is 1. The monoisotopic (exact) mass is 450 g/mol. The summed E-state index contributed by atoms with van der Waals surface area (Å²) in [6.45, 7) is 6.35. The summed E-state index contributed by atoms with van der Waals surface area (Å²) in [5.74, 6) is 1.09. The Hall–Kier alpha value is -1.58. The van der Waals surface area contributed by atoms with Crippen molar-refractivity contribution in [3.63, 3.8) is 0 Å². The van der Waals surface area contributed by atoms with Gasteiger partial charge in [-0.25, -0.2) is 8.42 Å². The largest absolute Gasteiger partial charge is 0.352 e. The number of aliphatic imine (C=N–C) groups is 1. The molecule has 0 aliphatic carbocycles. The number of carbonyl (C=O) groups is 1. The SMILES string of the molecule is CC1CCN(CCCNC(=O)c2cccc(NC3=NC4CS(=O)(=O)CC4S3)c2)CC1. The third kappa shape index (κ3) is 5.56. The fourth-order valence-corrected chi connectivity index (χ4v) is 7.85. The number of likely N-dealkylation sites (tertiary alicyclic amines) is 1. The van der Waals surface area contributed by atoms with E-state index in [4.69, 9.17) is 0 Å². The minimum atomic E-state index is -2.95. The quantitative estimate of drug-likeness (QED) is 0.646. The van der Waals surface area contributed by atoms with Crippen molar-refractivity contribution < 1.29 is 13.2 Å². The molecular weight excluding hydrogens is 420 g/mol. The standard InChI is InChI=1S/C21H30N4O3S2/c1-15-6-10-25(11-7-15)9-3-8-22-20(26)16-4-2-5-17(12-16)23-21-24-18-13-30(27,28)14-19(18)29-21/h2,4-5,12,15,18-19H,3,6-11,13-14H2,1H3,(H,22,26)(H,23,24). The Morgan fingerprint density at radius 2 is 2.07 bits per heavy atom. The predicted octanol–water partition coefficient (Wildman–Crippen LogP) is 2.22. The van der Waals surface area contributed by atoms with Gasteiger partial charge in [0.1, 0.15) is 0 Å². The van der Waals surface area contributed by atoms with Crippen molar-refractivity contribution in [2.75, 3.05) is 43.0 Å². The van der Waals surface area contributed by atoms with E-state index in [1.54, 1.807) is 6.07 Å². The molecule has 0 saturated carbocycles. The summed E-state index contributed by atoms with van der Waals surface area (Å²) in [5.41, 5.74) is 1.40. The van der Waals surface area contributed by atoms with E-state index < -0.39 is 9.84 Å². The topological polar surface area (TPSA) is 90.9 Å². The van der Waals surface area contributed by atoms with E-state index in [0.717, 1.165) is 29.7 Å². The van der Waals surface area contributed by atoms with Crippen LogP contribution < -0.4 is 10.6 Å². The number of piperidine rings is 1. The molecule has 2 fully saturated rings. The summed E-state index contributed by atoms with van der Waals surface area (Å²) in [6, 6.07) is 7.20. The number of fused-ring (bicyclic) bond motifs is 1. The maximum absolute atomic E-state index is 12.5. The molecule has 0 aromatic heterocycles. The van der Waals surface area contributed by atoms with E-state index in [1.807, 2.05) is 18.2 Å². The number of nitrogens with one attached hydrogen (secondary N) is 2. The van der Waals surface area contributed by atoms with Gasteiger partial charge in [-0.1, -0.05) is 24.8 Å². The molecule has 0 radical (unpaired) electrons. The number of benzene rings is 1. The molecule has 4 rings (SSSR count). The number of carbonyl (C=O) groups excluding carboxylic acids is 1. The van der Waals surface area contributed by atoms with E-state index in [9.17, 15) is 13.2 Å². The van der Waals surface area contributed by atoms with Gasteiger partial charge in [-0.2, -0.15) is 0 Å². The first kappa shape index (κ1) is 21.6. The van der Waals surface area contributed by atoms with Crippen LogP contribution in [0.3, 0.4) is 0 Å². The molecule has 3 aliphatic rings. The summed E-state index contributed by atoms with van der Waals surface area (Å²) in [7, 11) is -2.95. The summed E-state index contributed by atoms with van der Waals surface area (Å²) in [5, 5.41) is 6.99. The Labute approximate surface area is 183 Å². The minimum Gasteiger partial charge on any atom is -0.352 e. The molecule has 0 bridgehead atoms. The van der Waals surface area contributed by atoms with Gasteiger partial charge in [0, 0.05) is 23.0 Å². The molecule has 0 spiro atoms. The van der Waals surface area contributed by atoms with Crippen LogP contribution >= 0.6 is 11.8 Å². The number of hydrogen-bond acceptors (Lipinski definition) is 7. The molecular formula is C21H30N4O3S2. The van der Waals surface area contributed by atoms with Gasteiger partial charge in [0.25, 0.3) is 5.91 Å². The highest BCUT2D eigenvalue weighted by Crippen LogP contribution is 2.34. The maximum atomic E-state index is 12.5. The van der Waals surface area contributed by atoms with Crippen LogP contribution in [0.25, 0.3) is 0 Å². The smallest absolute Gasteiger partial charge is 0.251 e. The summed E-state index contributed by atoms with van der Waals surface area (Å²) < 4.78 is 23.4. The number of nitrogens with zero attached hydrogens (tertiary/aromatic N) is 2. The zero-order valence-electron chi connectivity index (χ0n) is 17.3. The van der Waals surface area contributed by atoms with Crippen LogP contribution in [0.4, 0.5) is 5.69 Å². The lowest BCUT2D eigenvalue weighted by Crippen LogP contribution is -2.35. The Balaban J connectivity index is 1.24. The van der Waals surface area contributed by atoms with Crippen molar-refractivity contribution in [1.82, 2.24) is 10.2 Å².